The Balaban J connectivity index is 1.90. The van der Waals surface area contributed by atoms with Crippen LogP contribution in [0.5, 0.6) is 0 Å². The molecule has 0 bridgehead atoms. The third kappa shape index (κ3) is 3.76. The number of nitrogens with one attached hydrogen (secondary N) is 2. The van der Waals surface area contributed by atoms with E-state index < -0.39 is 0 Å². The van der Waals surface area contributed by atoms with Crippen LogP contribution in [0.4, 0.5) is 5.82 Å². The lowest BCUT2D eigenvalue weighted by molar-refractivity contribution is -0.119. The lowest BCUT2D eigenvalue weighted by Gasteiger charge is -2.23. The minimum atomic E-state index is -0.0679. The second-order valence-electron chi connectivity index (χ2n) is 4.27. The molecule has 1 amide bonds. The van der Waals surface area contributed by atoms with Crippen molar-refractivity contribution in [1.82, 2.24) is 10.3 Å². The third-order valence-electron chi connectivity index (χ3n) is 2.72. The number of hydrogen-bond acceptors (Lipinski definition) is 4. The molecule has 1 atom stereocenters. The number of rotatable bonds is 3. The van der Waals surface area contributed by atoms with Crippen LogP contribution in [0.15, 0.2) is 16.7 Å². The number of carbonyl (C=O) groups excluding carboxylic acids is 1. The molecule has 2 heterocycles. The number of ether oxygens (including phenoxy) is 1. The number of aryl methyl sites for hydroxylation is 1. The van der Waals surface area contributed by atoms with Gasteiger partial charge in [-0.3, -0.25) is 4.79 Å². The van der Waals surface area contributed by atoms with Crippen molar-refractivity contribution < 1.29 is 9.53 Å². The standard InChI is InChI=1S/C12H16BrN3O2/c1-8-4-9(13)6-15-12(8)16-11(17)5-10-7-14-2-3-18-10/h4,6,10,14H,2-3,5,7H2,1H3,(H,15,16,17). The van der Waals surface area contributed by atoms with Gasteiger partial charge in [0, 0.05) is 23.8 Å². The van der Waals surface area contributed by atoms with Gasteiger partial charge in [-0.05, 0) is 34.5 Å². The molecular weight excluding hydrogens is 298 g/mol. The van der Waals surface area contributed by atoms with E-state index in [-0.39, 0.29) is 12.0 Å². The molecule has 2 N–H and O–H groups in total. The number of amides is 1. The number of carbonyl (C=O) groups is 1. The zero-order valence-electron chi connectivity index (χ0n) is 10.2. The summed E-state index contributed by atoms with van der Waals surface area (Å²) in [6.45, 7) is 4.14. The quantitative estimate of drug-likeness (QED) is 0.887. The Labute approximate surface area is 114 Å². The maximum absolute atomic E-state index is 11.8. The largest absolute Gasteiger partial charge is 0.375 e. The second kappa shape index (κ2) is 6.26. The van der Waals surface area contributed by atoms with Crippen LogP contribution in [0.1, 0.15) is 12.0 Å². The summed E-state index contributed by atoms with van der Waals surface area (Å²) in [6, 6.07) is 1.92. The smallest absolute Gasteiger partial charge is 0.228 e. The second-order valence-corrected chi connectivity index (χ2v) is 5.18. The number of pyridine rings is 1. The van der Waals surface area contributed by atoms with Gasteiger partial charge in [-0.1, -0.05) is 0 Å². The van der Waals surface area contributed by atoms with Gasteiger partial charge in [0.1, 0.15) is 5.82 Å². The number of halogens is 1. The molecule has 0 spiro atoms. The minimum Gasteiger partial charge on any atom is -0.375 e. The predicted molar refractivity (Wildman–Crippen MR) is 72.5 cm³/mol. The van der Waals surface area contributed by atoms with Gasteiger partial charge in [0.05, 0.1) is 19.1 Å². The van der Waals surface area contributed by atoms with Gasteiger partial charge in [-0.15, -0.1) is 0 Å². The highest BCUT2D eigenvalue weighted by atomic mass is 79.9. The van der Waals surface area contributed by atoms with Crippen molar-refractivity contribution in [2.75, 3.05) is 25.0 Å². The highest BCUT2D eigenvalue weighted by Crippen LogP contribution is 2.17. The first-order chi connectivity index (χ1) is 8.65. The SMILES string of the molecule is Cc1cc(Br)cnc1NC(=O)CC1CNCCO1. The third-order valence-corrected chi connectivity index (χ3v) is 3.15. The van der Waals surface area contributed by atoms with Crippen molar-refractivity contribution in [3.05, 3.63) is 22.3 Å². The lowest BCUT2D eigenvalue weighted by atomic mass is 10.2. The highest BCUT2D eigenvalue weighted by molar-refractivity contribution is 9.10. The van der Waals surface area contributed by atoms with Gasteiger partial charge in [0.25, 0.3) is 0 Å². The van der Waals surface area contributed by atoms with Crippen molar-refractivity contribution >= 4 is 27.7 Å². The van der Waals surface area contributed by atoms with Crippen molar-refractivity contribution in [2.24, 2.45) is 0 Å². The van der Waals surface area contributed by atoms with Crippen molar-refractivity contribution in [3.8, 4) is 0 Å². The van der Waals surface area contributed by atoms with E-state index in [9.17, 15) is 4.79 Å². The summed E-state index contributed by atoms with van der Waals surface area (Å²) in [7, 11) is 0. The fourth-order valence-corrected chi connectivity index (χ4v) is 2.26. The van der Waals surface area contributed by atoms with Gasteiger partial charge in [-0.2, -0.15) is 0 Å². The molecule has 98 valence electrons. The molecule has 0 aromatic carbocycles. The van der Waals surface area contributed by atoms with Gasteiger partial charge in [0.2, 0.25) is 5.91 Å². The van der Waals surface area contributed by atoms with Crippen molar-refractivity contribution in [2.45, 2.75) is 19.4 Å². The van der Waals surface area contributed by atoms with Gasteiger partial charge < -0.3 is 15.4 Å². The van der Waals surface area contributed by atoms with E-state index in [0.717, 1.165) is 23.1 Å². The molecule has 1 unspecified atom stereocenters. The zero-order chi connectivity index (χ0) is 13.0. The minimum absolute atomic E-state index is 0.0468. The van der Waals surface area contributed by atoms with E-state index in [4.69, 9.17) is 4.74 Å². The van der Waals surface area contributed by atoms with Crippen LogP contribution in [0.25, 0.3) is 0 Å². The number of aromatic nitrogens is 1. The molecule has 1 fully saturated rings. The summed E-state index contributed by atoms with van der Waals surface area (Å²) in [5.41, 5.74) is 0.931. The molecule has 0 saturated carbocycles. The molecule has 1 aromatic rings. The summed E-state index contributed by atoms with van der Waals surface area (Å²) in [5.74, 6) is 0.536. The van der Waals surface area contributed by atoms with Gasteiger partial charge >= 0.3 is 0 Å². The number of nitrogens with zero attached hydrogens (tertiary/aromatic N) is 1. The molecular formula is C12H16BrN3O2. The average Bonchev–Trinajstić information content (AvgIpc) is 2.34. The molecule has 1 aliphatic rings. The first-order valence-corrected chi connectivity index (χ1v) is 6.69. The first-order valence-electron chi connectivity index (χ1n) is 5.89. The van der Waals surface area contributed by atoms with Crippen LogP contribution in [0.3, 0.4) is 0 Å². The fourth-order valence-electron chi connectivity index (χ4n) is 1.81. The zero-order valence-corrected chi connectivity index (χ0v) is 11.8. The van der Waals surface area contributed by atoms with E-state index in [2.05, 4.69) is 31.5 Å². The topological polar surface area (TPSA) is 63.2 Å². The van der Waals surface area contributed by atoms with Gasteiger partial charge in [0.15, 0.2) is 0 Å². The molecule has 0 radical (unpaired) electrons. The van der Waals surface area contributed by atoms with Crippen molar-refractivity contribution in [1.29, 1.82) is 0 Å². The Bertz CT molecular complexity index is 433. The van der Waals surface area contributed by atoms with Crippen LogP contribution in [-0.4, -0.2) is 36.7 Å². The summed E-state index contributed by atoms with van der Waals surface area (Å²) in [4.78, 5) is 16.0. The molecule has 5 nitrogen and oxygen atoms in total. The average molecular weight is 314 g/mol. The Hall–Kier alpha value is -0.980. The van der Waals surface area contributed by atoms with Crippen LogP contribution in [-0.2, 0) is 9.53 Å². The number of morpholine rings is 1. The predicted octanol–water partition coefficient (Wildman–Crippen LogP) is 1.47. The Morgan fingerprint density at radius 3 is 3.22 bits per heavy atom. The van der Waals surface area contributed by atoms with Crippen LogP contribution < -0.4 is 10.6 Å². The Morgan fingerprint density at radius 1 is 1.72 bits per heavy atom. The summed E-state index contributed by atoms with van der Waals surface area (Å²) >= 11 is 3.34. The van der Waals surface area contributed by atoms with Crippen molar-refractivity contribution in [3.63, 3.8) is 0 Å². The van der Waals surface area contributed by atoms with Gasteiger partial charge in [-0.25, -0.2) is 4.98 Å². The summed E-state index contributed by atoms with van der Waals surface area (Å²) < 4.78 is 6.39. The number of hydrogen-bond donors (Lipinski definition) is 2. The van der Waals surface area contributed by atoms with E-state index in [1.54, 1.807) is 6.20 Å². The number of anilines is 1. The molecule has 0 aliphatic carbocycles. The fraction of sp³-hybridized carbons (Fsp3) is 0.500. The van der Waals surface area contributed by atoms with Crippen LogP contribution in [0.2, 0.25) is 0 Å². The molecule has 1 aliphatic heterocycles. The Morgan fingerprint density at radius 2 is 2.56 bits per heavy atom. The van der Waals surface area contributed by atoms with E-state index in [1.807, 2.05) is 13.0 Å². The molecule has 6 heteroatoms. The van der Waals surface area contributed by atoms with Crippen LogP contribution >= 0.6 is 15.9 Å². The summed E-state index contributed by atoms with van der Waals surface area (Å²) in [6.07, 6.45) is 1.97. The first kappa shape index (κ1) is 13.5. The molecule has 18 heavy (non-hydrogen) atoms. The van der Waals surface area contributed by atoms with E-state index >= 15 is 0 Å². The maximum Gasteiger partial charge on any atom is 0.228 e. The highest BCUT2D eigenvalue weighted by Gasteiger charge is 2.17. The molecule has 1 saturated heterocycles. The monoisotopic (exact) mass is 313 g/mol. The Kier molecular flexibility index (Phi) is 4.68. The summed E-state index contributed by atoms with van der Waals surface area (Å²) in [5, 5.41) is 6.00. The van der Waals surface area contributed by atoms with E-state index in [0.29, 0.717) is 18.8 Å². The maximum atomic E-state index is 11.8. The van der Waals surface area contributed by atoms with E-state index in [1.165, 1.54) is 0 Å². The molecule has 2 rings (SSSR count). The van der Waals surface area contributed by atoms with Crippen LogP contribution in [0, 0.1) is 6.92 Å². The lowest BCUT2D eigenvalue weighted by Crippen LogP contribution is -2.40. The molecule has 1 aromatic heterocycles. The normalized spacial score (nSPS) is 19.6.